The Bertz CT molecular complexity index is 986. The molecule has 1 atom stereocenters. The summed E-state index contributed by atoms with van der Waals surface area (Å²) < 4.78 is 36.4. The summed E-state index contributed by atoms with van der Waals surface area (Å²) in [5.74, 6) is 0.371. The number of rotatable bonds is 8. The Morgan fingerprint density at radius 1 is 1.16 bits per heavy atom. The third-order valence-corrected chi connectivity index (χ3v) is 5.02. The van der Waals surface area contributed by atoms with E-state index in [0.29, 0.717) is 28.5 Å². The van der Waals surface area contributed by atoms with Crippen molar-refractivity contribution in [3.63, 3.8) is 0 Å². The average molecular weight is 429 g/mol. The second-order valence-electron chi connectivity index (χ2n) is 7.48. The third kappa shape index (κ3) is 4.98. The molecule has 3 rings (SSSR count). The maximum atomic E-state index is 14.6. The maximum Gasteiger partial charge on any atom is 0.315 e. The first-order chi connectivity index (χ1) is 14.9. The monoisotopic (exact) mass is 429 g/mol. The van der Waals surface area contributed by atoms with E-state index in [0.717, 1.165) is 11.1 Å². The minimum absolute atomic E-state index is 0.0203. The zero-order valence-electron chi connectivity index (χ0n) is 18.5. The van der Waals surface area contributed by atoms with Crippen molar-refractivity contribution >= 4 is 11.7 Å². The summed E-state index contributed by atoms with van der Waals surface area (Å²) in [5, 5.41) is 0. The Morgan fingerprint density at radius 3 is 2.52 bits per heavy atom. The van der Waals surface area contributed by atoms with Crippen molar-refractivity contribution in [1.82, 2.24) is 0 Å². The largest absolute Gasteiger partial charge is 0.493 e. The van der Waals surface area contributed by atoms with E-state index in [9.17, 15) is 9.18 Å². The van der Waals surface area contributed by atoms with E-state index >= 15 is 0 Å². The number of hydrogen-bond donors (Lipinski definition) is 0. The van der Waals surface area contributed by atoms with Gasteiger partial charge in [0.1, 0.15) is 17.5 Å². The minimum Gasteiger partial charge on any atom is -0.493 e. The molecule has 0 spiro atoms. The highest BCUT2D eigenvalue weighted by Gasteiger charge is 2.31. The van der Waals surface area contributed by atoms with Gasteiger partial charge < -0.3 is 18.9 Å². The van der Waals surface area contributed by atoms with Crippen molar-refractivity contribution in [1.29, 1.82) is 0 Å². The topological polar surface area (TPSA) is 66.4 Å². The van der Waals surface area contributed by atoms with Crippen molar-refractivity contribution in [2.24, 2.45) is 4.99 Å². The van der Waals surface area contributed by atoms with Crippen molar-refractivity contribution in [3.05, 3.63) is 52.8 Å². The molecule has 6 nitrogen and oxygen atoms in total. The quantitative estimate of drug-likeness (QED) is 0.585. The molecule has 0 radical (unpaired) electrons. The standard InChI is InChI=1S/C24H28FNO5/c1-6-30-24(27)19-13-26-21(18-12-23(29-5)22(28-4)11-17(18)19)10-15-9-16(31-14(2)3)7-8-20(15)25/h7-9,11-12,14,19H,6,10,13H2,1-5H3. The van der Waals surface area contributed by atoms with Gasteiger partial charge in [-0.1, -0.05) is 0 Å². The van der Waals surface area contributed by atoms with E-state index in [1.807, 2.05) is 13.8 Å². The van der Waals surface area contributed by atoms with Gasteiger partial charge in [-0.05, 0) is 62.2 Å². The molecule has 2 aromatic rings. The molecule has 7 heteroatoms. The van der Waals surface area contributed by atoms with E-state index in [1.54, 1.807) is 38.3 Å². The van der Waals surface area contributed by atoms with Crippen LogP contribution in [0.1, 0.15) is 43.4 Å². The summed E-state index contributed by atoms with van der Waals surface area (Å²) in [6.07, 6.45) is 0.229. The van der Waals surface area contributed by atoms with Crippen LogP contribution in [0, 0.1) is 5.82 Å². The Labute approximate surface area is 182 Å². The first-order valence-corrected chi connectivity index (χ1v) is 10.3. The molecule has 0 aliphatic carbocycles. The predicted molar refractivity (Wildman–Crippen MR) is 116 cm³/mol. The van der Waals surface area contributed by atoms with E-state index in [1.165, 1.54) is 13.2 Å². The van der Waals surface area contributed by atoms with Gasteiger partial charge in [-0.15, -0.1) is 0 Å². The number of aliphatic imine (C=N–C) groups is 1. The summed E-state index contributed by atoms with van der Waals surface area (Å²) in [5.41, 5.74) is 2.58. The molecule has 2 aromatic carbocycles. The molecular weight excluding hydrogens is 401 g/mol. The summed E-state index contributed by atoms with van der Waals surface area (Å²) in [6.45, 7) is 6.10. The van der Waals surface area contributed by atoms with E-state index in [4.69, 9.17) is 18.9 Å². The number of esters is 1. The van der Waals surface area contributed by atoms with E-state index in [2.05, 4.69) is 4.99 Å². The second kappa shape index (κ2) is 9.81. The maximum absolute atomic E-state index is 14.6. The minimum atomic E-state index is -0.557. The molecule has 1 aliphatic heterocycles. The van der Waals surface area contributed by atoms with Gasteiger partial charge in [0, 0.05) is 17.7 Å². The lowest BCUT2D eigenvalue weighted by molar-refractivity contribution is -0.144. The average Bonchev–Trinajstić information content (AvgIpc) is 2.74. The summed E-state index contributed by atoms with van der Waals surface area (Å²) in [4.78, 5) is 17.2. The highest BCUT2D eigenvalue weighted by molar-refractivity contribution is 6.06. The lowest BCUT2D eigenvalue weighted by Gasteiger charge is -2.25. The molecule has 0 bridgehead atoms. The van der Waals surface area contributed by atoms with Crippen LogP contribution in [0.3, 0.4) is 0 Å². The predicted octanol–water partition coefficient (Wildman–Crippen LogP) is 4.32. The lowest BCUT2D eigenvalue weighted by atomic mass is 9.86. The van der Waals surface area contributed by atoms with Crippen LogP contribution in [0.4, 0.5) is 4.39 Å². The highest BCUT2D eigenvalue weighted by Crippen LogP contribution is 2.37. The highest BCUT2D eigenvalue weighted by atomic mass is 19.1. The van der Waals surface area contributed by atoms with E-state index in [-0.39, 0.29) is 37.5 Å². The molecule has 0 amide bonds. The van der Waals surface area contributed by atoms with Gasteiger partial charge in [0.25, 0.3) is 0 Å². The summed E-state index contributed by atoms with van der Waals surface area (Å²) in [6, 6.07) is 8.26. The van der Waals surface area contributed by atoms with Crippen LogP contribution in [0.25, 0.3) is 0 Å². The normalized spacial score (nSPS) is 15.2. The van der Waals surface area contributed by atoms with Crippen LogP contribution in [0.5, 0.6) is 17.2 Å². The van der Waals surface area contributed by atoms with Crippen LogP contribution >= 0.6 is 0 Å². The molecule has 1 unspecified atom stereocenters. The zero-order valence-corrected chi connectivity index (χ0v) is 18.5. The lowest BCUT2D eigenvalue weighted by Crippen LogP contribution is -2.26. The van der Waals surface area contributed by atoms with Crippen molar-refractivity contribution in [3.8, 4) is 17.2 Å². The fourth-order valence-corrected chi connectivity index (χ4v) is 3.63. The molecule has 0 saturated carbocycles. The first-order valence-electron chi connectivity index (χ1n) is 10.3. The van der Waals surface area contributed by atoms with Gasteiger partial charge in [0.15, 0.2) is 11.5 Å². The number of ether oxygens (including phenoxy) is 4. The zero-order chi connectivity index (χ0) is 22.5. The number of hydrogen-bond acceptors (Lipinski definition) is 6. The Morgan fingerprint density at radius 2 is 1.87 bits per heavy atom. The second-order valence-corrected chi connectivity index (χ2v) is 7.48. The molecule has 1 heterocycles. The SMILES string of the molecule is CCOC(=O)C1CN=C(Cc2cc(OC(C)C)ccc2F)c2cc(OC)c(OC)cc21. The van der Waals surface area contributed by atoms with Crippen molar-refractivity contribution in [2.75, 3.05) is 27.4 Å². The van der Waals surface area contributed by atoms with Gasteiger partial charge in [0.05, 0.1) is 33.5 Å². The van der Waals surface area contributed by atoms with Crippen LogP contribution in [0.2, 0.25) is 0 Å². The smallest absolute Gasteiger partial charge is 0.315 e. The van der Waals surface area contributed by atoms with Gasteiger partial charge in [0.2, 0.25) is 0 Å². The summed E-state index contributed by atoms with van der Waals surface area (Å²) in [7, 11) is 3.08. The molecule has 0 aromatic heterocycles. The summed E-state index contributed by atoms with van der Waals surface area (Å²) >= 11 is 0. The first kappa shape index (κ1) is 22.6. The van der Waals surface area contributed by atoms with Gasteiger partial charge in [-0.25, -0.2) is 4.39 Å². The molecule has 0 fully saturated rings. The molecular formula is C24H28FNO5. The Kier molecular flexibility index (Phi) is 7.15. The number of methoxy groups -OCH3 is 2. The third-order valence-electron chi connectivity index (χ3n) is 5.02. The number of nitrogens with zero attached hydrogens (tertiary/aromatic N) is 1. The number of fused-ring (bicyclic) bond motifs is 1. The number of benzene rings is 2. The fraction of sp³-hybridized carbons (Fsp3) is 0.417. The van der Waals surface area contributed by atoms with Crippen molar-refractivity contribution < 1.29 is 28.1 Å². The number of carbonyl (C=O) groups is 1. The van der Waals surface area contributed by atoms with Gasteiger partial charge in [-0.3, -0.25) is 9.79 Å². The van der Waals surface area contributed by atoms with Crippen LogP contribution in [0.15, 0.2) is 35.3 Å². The van der Waals surface area contributed by atoms with Gasteiger partial charge >= 0.3 is 5.97 Å². The number of halogens is 1. The van der Waals surface area contributed by atoms with Crippen molar-refractivity contribution in [2.45, 2.75) is 39.2 Å². The molecule has 31 heavy (non-hydrogen) atoms. The Hall–Kier alpha value is -3.09. The van der Waals surface area contributed by atoms with Crippen LogP contribution in [-0.2, 0) is 16.0 Å². The van der Waals surface area contributed by atoms with Crippen LogP contribution in [-0.4, -0.2) is 45.2 Å². The van der Waals surface area contributed by atoms with E-state index < -0.39 is 5.92 Å². The molecule has 1 aliphatic rings. The van der Waals surface area contributed by atoms with Crippen LogP contribution < -0.4 is 14.2 Å². The molecule has 0 saturated heterocycles. The number of carbonyl (C=O) groups excluding carboxylic acids is 1. The fourth-order valence-electron chi connectivity index (χ4n) is 3.63. The van der Waals surface area contributed by atoms with Gasteiger partial charge in [-0.2, -0.15) is 0 Å². The molecule has 166 valence electrons. The molecule has 0 N–H and O–H groups in total. The Balaban J connectivity index is 2.03.